The summed E-state index contributed by atoms with van der Waals surface area (Å²) in [7, 11) is 4.44. The summed E-state index contributed by atoms with van der Waals surface area (Å²) < 4.78 is 40.7. The lowest BCUT2D eigenvalue weighted by Gasteiger charge is -2.42. The van der Waals surface area contributed by atoms with E-state index in [-0.39, 0.29) is 101 Å². The molecule has 2 aromatic carbocycles. The third-order valence-electron chi connectivity index (χ3n) is 15.4. The Kier molecular flexibility index (Phi) is 25.9. The van der Waals surface area contributed by atoms with Gasteiger partial charge in [-0.3, -0.25) is 29.3 Å². The van der Waals surface area contributed by atoms with Crippen molar-refractivity contribution in [1.29, 1.82) is 0 Å². The van der Waals surface area contributed by atoms with E-state index in [4.69, 9.17) is 67.5 Å². The average molecular weight is 1290 g/mol. The number of aryl methyl sites for hydroxylation is 1. The number of imide groups is 1. The molecule has 30 heteroatoms. The van der Waals surface area contributed by atoms with Crippen molar-refractivity contribution in [2.24, 2.45) is 17.6 Å². The minimum absolute atomic E-state index is 0.00732. The molecule has 2 aromatic rings. The molecular weight excluding hydrogens is 1200 g/mol. The number of primary amides is 1. The number of carbonyl (C=O) groups is 8. The summed E-state index contributed by atoms with van der Waals surface area (Å²) in [4.78, 5) is 108. The number of aliphatic hydroxyl groups excluding tert-OH is 1. The number of urea groups is 1. The van der Waals surface area contributed by atoms with Crippen LogP contribution in [-0.2, 0) is 68.4 Å². The summed E-state index contributed by atoms with van der Waals surface area (Å²) in [5.41, 5.74) is 5.35. The number of thiocarbonyl (C=S) groups is 1. The third-order valence-corrected chi connectivity index (χ3v) is 16.1. The number of alkyl carbamates (subject to hydrolysis) is 1. The molecule has 10 atom stereocenters. The van der Waals surface area contributed by atoms with Gasteiger partial charge in [-0.05, 0) is 99.6 Å². The predicted octanol–water partition coefficient (Wildman–Crippen LogP) is 3.23. The Bertz CT molecular complexity index is 2960. The van der Waals surface area contributed by atoms with Gasteiger partial charge in [-0.25, -0.2) is 14.4 Å². The smallest absolute Gasteiger partial charge is 0.409 e. The molecule has 89 heavy (non-hydrogen) atoms. The van der Waals surface area contributed by atoms with Crippen LogP contribution >= 0.6 is 23.8 Å². The summed E-state index contributed by atoms with van der Waals surface area (Å²) in [6, 6.07) is 5.55. The monoisotopic (exact) mass is 1290 g/mol. The van der Waals surface area contributed by atoms with Crippen LogP contribution in [0.3, 0.4) is 0 Å². The average Bonchev–Trinajstić information content (AvgIpc) is 1.61. The summed E-state index contributed by atoms with van der Waals surface area (Å²) in [6.07, 6.45) is -1.12. The molecule has 4 heterocycles. The molecule has 3 fully saturated rings. The molecule has 6 rings (SSSR count). The van der Waals surface area contributed by atoms with E-state index < -0.39 is 108 Å². The molecule has 0 spiro atoms. The maximum Gasteiger partial charge on any atom is 0.409 e. The molecule has 0 aromatic heterocycles. The van der Waals surface area contributed by atoms with E-state index in [1.165, 1.54) is 19.1 Å². The highest BCUT2D eigenvalue weighted by Gasteiger charge is 2.64. The van der Waals surface area contributed by atoms with Crippen LogP contribution in [0.5, 0.6) is 5.75 Å². The number of hydrogen-bond acceptors (Lipinski definition) is 20. The van der Waals surface area contributed by atoms with E-state index >= 15 is 0 Å². The first-order valence-corrected chi connectivity index (χ1v) is 30.0. The molecule has 0 aliphatic carbocycles. The Labute approximate surface area is 526 Å². The fourth-order valence-electron chi connectivity index (χ4n) is 10.4. The van der Waals surface area contributed by atoms with Gasteiger partial charge in [0.15, 0.2) is 10.8 Å². The van der Waals surface area contributed by atoms with Crippen LogP contribution in [0.15, 0.2) is 54.1 Å². The lowest BCUT2D eigenvalue weighted by Crippen LogP contribution is -2.63. The number of hydrogen-bond donors (Lipinski definition) is 10. The Morgan fingerprint density at radius 1 is 0.955 bits per heavy atom. The molecule has 4 aliphatic heterocycles. The van der Waals surface area contributed by atoms with Crippen molar-refractivity contribution in [3.63, 3.8) is 0 Å². The van der Waals surface area contributed by atoms with E-state index in [1.54, 1.807) is 84.2 Å². The van der Waals surface area contributed by atoms with Crippen LogP contribution in [0.4, 0.5) is 26.7 Å². The maximum atomic E-state index is 14.5. The standard InChI is InChI=1S/C59H83ClN10O18S/c1-32(2)50(67-55(89)63-21-23-84-25-24-83-22-19-48(74)88-70-45(71)17-18-46(70)72)53(76)66-39(13-11-20-62-54(61)77)52(75)65-38-16-15-37(27-34(38)4)64-56(78)86-44-30-47(73)69(7)40-28-36(29-41(81-8)49(40)60)26-33(3)12-10-14-43(82-9)59(80)31-42(85-57(79)68-59)35(5)51-58(44,6)87-51/h10,12,14-16,27-29,32,35,39,42-44,50-51,56,64,78,80H,11,13,17-26,30-31H2,1-9H3,(H,65,75)(H,66,76)(H,68,79)(H3,61,62,77)(H2,63,67,89)/b14-10+,33-12+/t35-,39+,42+,43-,44+,50+,51+,56?,58+,59+/m1/s1. The van der Waals surface area contributed by atoms with Crippen LogP contribution in [0, 0.1) is 18.8 Å². The summed E-state index contributed by atoms with van der Waals surface area (Å²) in [5.74, 6) is -4.10. The summed E-state index contributed by atoms with van der Waals surface area (Å²) in [5, 5.41) is 44.0. The number of aliphatic hydroxyl groups is 2. The molecule has 11 N–H and O–H groups in total. The number of amides is 8. The molecule has 0 radical (unpaired) electrons. The fourth-order valence-corrected chi connectivity index (χ4v) is 10.9. The van der Waals surface area contributed by atoms with Gasteiger partial charge < -0.3 is 90.7 Å². The van der Waals surface area contributed by atoms with Gasteiger partial charge in [0, 0.05) is 63.8 Å². The molecular formula is C59H83ClN10O18S. The lowest BCUT2D eigenvalue weighted by atomic mass is 9.83. The zero-order valence-corrected chi connectivity index (χ0v) is 53.0. The maximum absolute atomic E-state index is 14.5. The van der Waals surface area contributed by atoms with Gasteiger partial charge in [0.25, 0.3) is 11.8 Å². The second kappa shape index (κ2) is 32.5. The molecule has 3 saturated heterocycles. The number of carbonyl (C=O) groups excluding carboxylic acids is 8. The SMILES string of the molecule is COc1cc2cc(c1Cl)N(C)C(=O)C[C@H](OC(O)Nc1ccc(NC(=O)[C@H](CCCNC(N)=O)NC(=O)[C@@H](NC(=S)NCCOCCOCCC(=O)ON3C(=O)CCC3=O)C(C)C)c(C)c1)[C@]1(C)O[C@H]1[C@H](C)[C@@H]1C[C@@](O)(NC(=O)O1)[C@H](OC)/C=C/C=C(\C)C2. The van der Waals surface area contributed by atoms with Crippen molar-refractivity contribution in [3.05, 3.63) is 70.3 Å². The number of benzene rings is 2. The van der Waals surface area contributed by atoms with Crippen molar-refractivity contribution in [2.75, 3.05) is 76.3 Å². The molecule has 8 amide bonds. The van der Waals surface area contributed by atoms with Crippen LogP contribution in [0.1, 0.15) is 90.7 Å². The number of nitrogens with two attached hydrogens (primary N) is 1. The van der Waals surface area contributed by atoms with Crippen molar-refractivity contribution in [2.45, 2.75) is 147 Å². The van der Waals surface area contributed by atoms with Gasteiger partial charge in [-0.2, -0.15) is 0 Å². The van der Waals surface area contributed by atoms with Crippen LogP contribution in [0.25, 0.3) is 0 Å². The van der Waals surface area contributed by atoms with Crippen LogP contribution in [-0.4, -0.2) is 183 Å². The second-order valence-corrected chi connectivity index (χ2v) is 23.4. The Hall–Kier alpha value is -7.22. The number of allylic oxidation sites excluding steroid dienone is 3. The summed E-state index contributed by atoms with van der Waals surface area (Å²) >= 11 is 12.3. The third kappa shape index (κ3) is 19.9. The zero-order chi connectivity index (χ0) is 65.3. The number of hydroxylamine groups is 2. The first-order valence-electron chi connectivity index (χ1n) is 29.2. The van der Waals surface area contributed by atoms with Gasteiger partial charge in [-0.1, -0.05) is 56.2 Å². The Morgan fingerprint density at radius 3 is 2.33 bits per heavy atom. The quantitative estimate of drug-likeness (QED) is 0.0212. The number of epoxide rings is 1. The Morgan fingerprint density at radius 2 is 1.66 bits per heavy atom. The number of anilines is 3. The minimum Gasteiger partial charge on any atom is -0.495 e. The number of rotatable bonds is 26. The minimum atomic E-state index is -1.89. The number of nitrogens with zero attached hydrogens (tertiary/aromatic N) is 2. The second-order valence-electron chi connectivity index (χ2n) is 22.6. The van der Waals surface area contributed by atoms with Crippen molar-refractivity contribution < 1.29 is 86.6 Å². The van der Waals surface area contributed by atoms with E-state index in [9.17, 15) is 48.6 Å². The first kappa shape index (κ1) is 70.9. The number of methoxy groups -OCH3 is 2. The highest BCUT2D eigenvalue weighted by molar-refractivity contribution is 7.80. The predicted molar refractivity (Wildman–Crippen MR) is 328 cm³/mol. The molecule has 28 nitrogen and oxygen atoms in total. The van der Waals surface area contributed by atoms with Crippen molar-refractivity contribution in [1.82, 2.24) is 31.6 Å². The Balaban J connectivity index is 1.09. The molecule has 0 saturated carbocycles. The first-order chi connectivity index (χ1) is 42.2. The normalized spacial score (nSPS) is 24.8. The van der Waals surface area contributed by atoms with Gasteiger partial charge in [-0.15, -0.1) is 5.06 Å². The van der Waals surface area contributed by atoms with E-state index in [0.717, 1.165) is 11.1 Å². The van der Waals surface area contributed by atoms with Crippen molar-refractivity contribution in [3.8, 4) is 5.75 Å². The number of fused-ring (bicyclic) bond motifs is 5. The molecule has 1 unspecified atom stereocenters. The van der Waals surface area contributed by atoms with E-state index in [0.29, 0.717) is 39.9 Å². The fraction of sp³-hybridized carbons (Fsp3) is 0.576. The number of nitrogens with one attached hydrogen (secondary N) is 7. The largest absolute Gasteiger partial charge is 0.495 e. The zero-order valence-electron chi connectivity index (χ0n) is 51.4. The number of ether oxygens (including phenoxy) is 7. The van der Waals surface area contributed by atoms with Gasteiger partial charge >= 0.3 is 18.1 Å². The van der Waals surface area contributed by atoms with Gasteiger partial charge in [0.2, 0.25) is 24.1 Å². The van der Waals surface area contributed by atoms with Crippen molar-refractivity contribution >= 4 is 93.6 Å². The highest BCUT2D eigenvalue weighted by Crippen LogP contribution is 2.49. The number of halogens is 1. The highest BCUT2D eigenvalue weighted by atomic mass is 35.5. The van der Waals surface area contributed by atoms with Crippen LogP contribution < -0.4 is 52.6 Å². The molecule has 490 valence electrons. The van der Waals surface area contributed by atoms with Gasteiger partial charge in [0.1, 0.15) is 46.8 Å². The molecule has 4 aliphatic rings. The van der Waals surface area contributed by atoms with E-state index in [2.05, 4.69) is 37.2 Å². The lowest BCUT2D eigenvalue weighted by molar-refractivity contribution is -0.198. The summed E-state index contributed by atoms with van der Waals surface area (Å²) in [6.45, 7) is 11.5. The topological polar surface area (TPSA) is 371 Å². The van der Waals surface area contributed by atoms with E-state index in [1.807, 2.05) is 13.0 Å². The van der Waals surface area contributed by atoms with Crippen LogP contribution in [0.2, 0.25) is 5.02 Å². The molecule has 4 bridgehead atoms. The van der Waals surface area contributed by atoms with Gasteiger partial charge in [0.05, 0.1) is 58.2 Å².